The summed E-state index contributed by atoms with van der Waals surface area (Å²) in [5.41, 5.74) is 0.461. The molecule has 20 heavy (non-hydrogen) atoms. The number of ether oxygens (including phenoxy) is 1. The molecule has 0 radical (unpaired) electrons. The third kappa shape index (κ3) is 4.42. The summed E-state index contributed by atoms with van der Waals surface area (Å²) in [4.78, 5) is 11.8. The summed E-state index contributed by atoms with van der Waals surface area (Å²) in [6, 6.07) is 6.85. The fourth-order valence-electron chi connectivity index (χ4n) is 1.90. The van der Waals surface area contributed by atoms with E-state index in [1.165, 1.54) is 0 Å². The van der Waals surface area contributed by atoms with Crippen molar-refractivity contribution in [2.45, 2.75) is 26.7 Å². The molecule has 0 saturated heterocycles. The first-order valence-corrected chi connectivity index (χ1v) is 6.89. The van der Waals surface area contributed by atoms with Crippen LogP contribution in [0.4, 0.5) is 10.5 Å². The summed E-state index contributed by atoms with van der Waals surface area (Å²) >= 11 is 0. The molecule has 2 amide bonds. The van der Waals surface area contributed by atoms with Crippen LogP contribution in [0.5, 0.6) is 5.75 Å². The highest BCUT2D eigenvalue weighted by atomic mass is 16.5. The number of carbonyl (C=O) groups is 1. The molecule has 0 aromatic heterocycles. The zero-order valence-corrected chi connectivity index (χ0v) is 12.4. The maximum Gasteiger partial charge on any atom is 0.319 e. The number of benzene rings is 1. The number of anilines is 1. The van der Waals surface area contributed by atoms with Gasteiger partial charge in [-0.1, -0.05) is 13.8 Å². The fraction of sp³-hybridized carbons (Fsp3) is 0.533. The van der Waals surface area contributed by atoms with E-state index in [9.17, 15) is 9.90 Å². The molecular formula is C15H24N2O3. The van der Waals surface area contributed by atoms with Gasteiger partial charge < -0.3 is 20.5 Å². The lowest BCUT2D eigenvalue weighted by molar-refractivity contribution is 0.116. The minimum atomic E-state index is -0.269. The van der Waals surface area contributed by atoms with Crippen molar-refractivity contribution in [3.8, 4) is 5.75 Å². The van der Waals surface area contributed by atoms with E-state index in [2.05, 4.69) is 10.6 Å². The lowest BCUT2D eigenvalue weighted by Gasteiger charge is -2.29. The van der Waals surface area contributed by atoms with Crippen LogP contribution in [-0.4, -0.2) is 31.4 Å². The molecule has 0 fully saturated rings. The van der Waals surface area contributed by atoms with Crippen LogP contribution < -0.4 is 15.4 Å². The highest BCUT2D eigenvalue weighted by Gasteiger charge is 2.25. The Morgan fingerprint density at radius 3 is 2.30 bits per heavy atom. The van der Waals surface area contributed by atoms with Crippen molar-refractivity contribution in [3.05, 3.63) is 24.3 Å². The molecule has 0 atom stereocenters. The molecule has 1 aromatic rings. The van der Waals surface area contributed by atoms with Gasteiger partial charge in [-0.2, -0.15) is 0 Å². The van der Waals surface area contributed by atoms with Crippen molar-refractivity contribution >= 4 is 11.7 Å². The van der Waals surface area contributed by atoms with E-state index >= 15 is 0 Å². The van der Waals surface area contributed by atoms with Gasteiger partial charge in [-0.05, 0) is 37.1 Å². The zero-order valence-electron chi connectivity index (χ0n) is 12.4. The number of aliphatic hydroxyl groups is 1. The Kier molecular flexibility index (Phi) is 6.31. The lowest BCUT2D eigenvalue weighted by atomic mass is 9.83. The standard InChI is InChI=1S/C15H24N2O3/c1-4-15(5-2,11-18)10-16-14(19)17-12-6-8-13(20-3)9-7-12/h6-9,18H,4-5,10-11H2,1-3H3,(H2,16,17,19). The molecule has 0 aliphatic carbocycles. The Bertz CT molecular complexity index is 405. The van der Waals surface area contributed by atoms with Gasteiger partial charge in [0.25, 0.3) is 0 Å². The normalized spacial score (nSPS) is 11.0. The topological polar surface area (TPSA) is 70.6 Å². The minimum absolute atomic E-state index is 0.0722. The van der Waals surface area contributed by atoms with Gasteiger partial charge in [0.15, 0.2) is 0 Å². The largest absolute Gasteiger partial charge is 0.497 e. The molecule has 0 aliphatic heterocycles. The molecule has 0 unspecified atom stereocenters. The van der Waals surface area contributed by atoms with Gasteiger partial charge in [-0.15, -0.1) is 0 Å². The van der Waals surface area contributed by atoms with Gasteiger partial charge in [-0.25, -0.2) is 4.79 Å². The molecule has 5 nitrogen and oxygen atoms in total. The van der Waals surface area contributed by atoms with Crippen LogP contribution >= 0.6 is 0 Å². The van der Waals surface area contributed by atoms with Crippen LogP contribution in [0.15, 0.2) is 24.3 Å². The van der Waals surface area contributed by atoms with Crippen LogP contribution in [-0.2, 0) is 0 Å². The van der Waals surface area contributed by atoms with Gasteiger partial charge in [0.2, 0.25) is 0 Å². The molecular weight excluding hydrogens is 256 g/mol. The predicted octanol–water partition coefficient (Wildman–Crippen LogP) is 2.62. The van der Waals surface area contributed by atoms with Gasteiger partial charge >= 0.3 is 6.03 Å². The predicted molar refractivity (Wildman–Crippen MR) is 80.1 cm³/mol. The first kappa shape index (κ1) is 16.3. The maximum absolute atomic E-state index is 11.8. The highest BCUT2D eigenvalue weighted by molar-refractivity contribution is 5.89. The van der Waals surface area contributed by atoms with E-state index in [1.807, 2.05) is 13.8 Å². The number of rotatable bonds is 7. The zero-order chi connectivity index (χ0) is 15.0. The van der Waals surface area contributed by atoms with Crippen molar-refractivity contribution in [2.75, 3.05) is 25.6 Å². The number of carbonyl (C=O) groups excluding carboxylic acids is 1. The number of methoxy groups -OCH3 is 1. The molecule has 3 N–H and O–H groups in total. The van der Waals surface area contributed by atoms with E-state index in [0.717, 1.165) is 18.6 Å². The second-order valence-corrected chi connectivity index (χ2v) is 4.90. The third-order valence-electron chi connectivity index (χ3n) is 3.81. The first-order valence-electron chi connectivity index (χ1n) is 6.89. The average Bonchev–Trinajstić information content (AvgIpc) is 2.50. The van der Waals surface area contributed by atoms with Crippen molar-refractivity contribution < 1.29 is 14.6 Å². The molecule has 0 saturated carbocycles. The summed E-state index contributed by atoms with van der Waals surface area (Å²) in [5.74, 6) is 0.743. The van der Waals surface area contributed by atoms with E-state index < -0.39 is 0 Å². The number of amides is 2. The number of hydrogen-bond donors (Lipinski definition) is 3. The van der Waals surface area contributed by atoms with E-state index in [1.54, 1.807) is 31.4 Å². The van der Waals surface area contributed by atoms with Gasteiger partial charge in [0.05, 0.1) is 13.7 Å². The SMILES string of the molecule is CCC(CC)(CO)CNC(=O)Nc1ccc(OC)cc1. The maximum atomic E-state index is 11.8. The minimum Gasteiger partial charge on any atom is -0.497 e. The van der Waals surface area contributed by atoms with Crippen molar-refractivity contribution in [1.29, 1.82) is 0 Å². The first-order chi connectivity index (χ1) is 9.59. The molecule has 0 spiro atoms. The van der Waals surface area contributed by atoms with Crippen molar-refractivity contribution in [3.63, 3.8) is 0 Å². The molecule has 5 heteroatoms. The number of aliphatic hydroxyl groups excluding tert-OH is 1. The molecule has 1 rings (SSSR count). The van der Waals surface area contributed by atoms with Gasteiger partial charge in [0, 0.05) is 17.6 Å². The molecule has 0 aliphatic rings. The Labute approximate surface area is 120 Å². The second-order valence-electron chi connectivity index (χ2n) is 4.90. The van der Waals surface area contributed by atoms with E-state index in [4.69, 9.17) is 4.74 Å². The Balaban J connectivity index is 2.50. The summed E-state index contributed by atoms with van der Waals surface area (Å²) < 4.78 is 5.05. The number of nitrogens with one attached hydrogen (secondary N) is 2. The van der Waals surface area contributed by atoms with Crippen LogP contribution in [0.1, 0.15) is 26.7 Å². The van der Waals surface area contributed by atoms with Crippen LogP contribution in [0.2, 0.25) is 0 Å². The Morgan fingerprint density at radius 1 is 1.25 bits per heavy atom. The Hall–Kier alpha value is -1.75. The number of urea groups is 1. The molecule has 0 bridgehead atoms. The quantitative estimate of drug-likeness (QED) is 0.719. The van der Waals surface area contributed by atoms with Crippen LogP contribution in [0.3, 0.4) is 0 Å². The smallest absolute Gasteiger partial charge is 0.319 e. The summed E-state index contributed by atoms with van der Waals surface area (Å²) in [6.45, 7) is 4.56. The molecule has 1 aromatic carbocycles. The highest BCUT2D eigenvalue weighted by Crippen LogP contribution is 2.24. The van der Waals surface area contributed by atoms with E-state index in [-0.39, 0.29) is 18.1 Å². The fourth-order valence-corrected chi connectivity index (χ4v) is 1.90. The van der Waals surface area contributed by atoms with Crippen molar-refractivity contribution in [1.82, 2.24) is 5.32 Å². The van der Waals surface area contributed by atoms with Gasteiger partial charge in [-0.3, -0.25) is 0 Å². The monoisotopic (exact) mass is 280 g/mol. The van der Waals surface area contributed by atoms with E-state index in [0.29, 0.717) is 12.2 Å². The summed E-state index contributed by atoms with van der Waals surface area (Å²) in [7, 11) is 1.60. The second kappa shape index (κ2) is 7.75. The van der Waals surface area contributed by atoms with Crippen molar-refractivity contribution in [2.24, 2.45) is 5.41 Å². The van der Waals surface area contributed by atoms with Crippen LogP contribution in [0.25, 0.3) is 0 Å². The summed E-state index contributed by atoms with van der Waals surface area (Å²) in [6.07, 6.45) is 1.64. The van der Waals surface area contributed by atoms with Crippen LogP contribution in [0, 0.1) is 5.41 Å². The Morgan fingerprint density at radius 2 is 1.85 bits per heavy atom. The lowest BCUT2D eigenvalue weighted by Crippen LogP contribution is -2.41. The number of hydrogen-bond acceptors (Lipinski definition) is 3. The average molecular weight is 280 g/mol. The van der Waals surface area contributed by atoms with Gasteiger partial charge in [0.1, 0.15) is 5.75 Å². The molecule has 0 heterocycles. The molecule has 112 valence electrons. The third-order valence-corrected chi connectivity index (χ3v) is 3.81. The summed E-state index contributed by atoms with van der Waals surface area (Å²) in [5, 5.41) is 15.0.